The number of carbonyl (C=O) groups excluding carboxylic acids is 4. The number of halogens is 14. The average Bonchev–Trinajstić information content (AvgIpc) is 0.820. The van der Waals surface area contributed by atoms with Crippen molar-refractivity contribution in [3.05, 3.63) is 247 Å². The number of alkyl halides is 10. The van der Waals surface area contributed by atoms with Gasteiger partial charge in [0.25, 0.3) is 5.92 Å². The molecule has 0 radical (unpaired) electrons. The summed E-state index contributed by atoms with van der Waals surface area (Å²) >= 11 is 18.8. The van der Waals surface area contributed by atoms with Crippen LogP contribution < -0.4 is 30.7 Å². The molecule has 0 spiro atoms. The van der Waals surface area contributed by atoms with E-state index in [2.05, 4.69) is 50.7 Å². The van der Waals surface area contributed by atoms with Gasteiger partial charge in [0.1, 0.15) is 41.3 Å². The molecule has 0 fully saturated rings. The van der Waals surface area contributed by atoms with Gasteiger partial charge in [-0.3, -0.25) is 19.9 Å². The van der Waals surface area contributed by atoms with E-state index in [-0.39, 0.29) is 60.0 Å². The lowest BCUT2D eigenvalue weighted by molar-refractivity contribution is -0.274. The van der Waals surface area contributed by atoms with Crippen LogP contribution in [0.1, 0.15) is 127 Å². The first-order valence-corrected chi connectivity index (χ1v) is 38.2. The summed E-state index contributed by atoms with van der Waals surface area (Å²) in [4.78, 5) is 72.8. The molecular weight excluding hydrogens is 1680 g/mol. The summed E-state index contributed by atoms with van der Waals surface area (Å²) in [6.45, 7) is 4.42. The number of pyridine rings is 4. The molecule has 8 heterocycles. The van der Waals surface area contributed by atoms with Crippen molar-refractivity contribution in [2.24, 2.45) is 0 Å². The fourth-order valence-corrected chi connectivity index (χ4v) is 13.0. The number of hydrogen-bond donors (Lipinski definition) is 11. The highest BCUT2D eigenvalue weighted by molar-refractivity contribution is 6.33. The van der Waals surface area contributed by atoms with Crippen molar-refractivity contribution in [2.75, 3.05) is 93.4 Å². The molecule has 25 nitrogen and oxygen atoms in total. The minimum atomic E-state index is -4.80. The smallest absolute Gasteiger partial charge is 0.433 e. The van der Waals surface area contributed by atoms with Gasteiger partial charge in [0, 0.05) is 142 Å². The summed E-state index contributed by atoms with van der Waals surface area (Å²) in [5, 5.41) is 77.2. The second kappa shape index (κ2) is 42.0. The zero-order valence-electron chi connectivity index (χ0n) is 64.5. The Labute approximate surface area is 700 Å². The molecule has 0 saturated carbocycles. The predicted molar refractivity (Wildman–Crippen MR) is 430 cm³/mol. The number of ether oxygens (including phenoxy) is 2. The first-order chi connectivity index (χ1) is 57.1. The van der Waals surface area contributed by atoms with E-state index in [1.54, 1.807) is 47.2 Å². The van der Waals surface area contributed by atoms with E-state index < -0.39 is 98.0 Å². The summed E-state index contributed by atoms with van der Waals surface area (Å²) in [5.74, 6) is -3.96. The van der Waals surface area contributed by atoms with Crippen LogP contribution in [0.25, 0.3) is 22.3 Å². The zero-order chi connectivity index (χ0) is 88.3. The third-order valence-electron chi connectivity index (χ3n) is 18.7. The number of nitrogens with zero attached hydrogens (tertiary/aromatic N) is 8. The van der Waals surface area contributed by atoms with E-state index in [1.807, 2.05) is 12.2 Å². The predicted octanol–water partition coefficient (Wildman–Crippen LogP) is 16.9. The Morgan fingerprint density at radius 3 is 0.967 bits per heavy atom. The number of urea groups is 4. The minimum Gasteiger partial charge on any atom is -0.433 e. The second-order valence-electron chi connectivity index (χ2n) is 27.6. The van der Waals surface area contributed by atoms with Crippen LogP contribution in [0.4, 0.5) is 90.2 Å². The van der Waals surface area contributed by atoms with Gasteiger partial charge < -0.3 is 86.1 Å². The highest BCUT2D eigenvalue weighted by Crippen LogP contribution is 2.37. The quantitative estimate of drug-likeness (QED) is 0.0335. The molecule has 4 atom stereocenters. The molecule has 646 valence electrons. The highest BCUT2D eigenvalue weighted by Gasteiger charge is 2.34. The van der Waals surface area contributed by atoms with Crippen LogP contribution in [0.3, 0.4) is 0 Å². The standard InChI is InChI=1S/C21H22ClF2N3O4.C21H22ClF2N3O2.C20H19ClF3N3O3.C20H19F4N3O4/c1-21(23,24)31-16-4-2-15(3-5-16)26-20(30)27-8-6-13(7-9-27)19-17(22)10-14(11-25-19)18(29)12-28;1-13(28)15-11-18(22)19(25-12-15)14-7-9-27(10-8-14)20(29)26-17-5-3-16(4-6-17)21(2,23)24;21-16-9-13(17(29)11-28)10-25-18(16)12-5-7-27(8-6-12)19(30)26-15-3-1-14(2-4-15)20(22,23)24;21-16-9-13(17(29)11-28)10-25-18(16)12-5-7-27(8-6-12)19(30)26-14-1-3-15(4-2-14)31-20(22,23)24/h2-6,10-11,18,28-29H,7-9,12H2,1H3,(H,26,30);3-7,11-13,28H,8-10H2,1-2H3,(H,26,29);1-5,9-10,17,28-29H,6-8,11H2,(H,26,30);1-5,9-10,17,28-29H,6-8,11H2,(H,26,30)/t18-;;2*17-/m1.11/s1. The minimum absolute atomic E-state index is 0.00190. The first-order valence-electron chi connectivity index (χ1n) is 37.0. The summed E-state index contributed by atoms with van der Waals surface area (Å²) in [6, 6.07) is 24.5. The van der Waals surface area contributed by atoms with Crippen LogP contribution in [0.5, 0.6) is 11.5 Å². The normalized spacial score (nSPS) is 15.4. The molecule has 8 amide bonds. The number of rotatable bonds is 19. The first kappa shape index (κ1) is 93.8. The van der Waals surface area contributed by atoms with Crippen molar-refractivity contribution in [1.29, 1.82) is 0 Å². The van der Waals surface area contributed by atoms with E-state index >= 15 is 0 Å². The number of aliphatic hydroxyl groups is 7. The molecular formula is C82H82Cl3F11N12O13. The van der Waals surface area contributed by atoms with E-state index in [0.717, 1.165) is 54.0 Å². The Morgan fingerprint density at radius 2 is 0.702 bits per heavy atom. The monoisotopic (exact) mass is 1760 g/mol. The van der Waals surface area contributed by atoms with Crippen molar-refractivity contribution >= 4 is 104 Å². The van der Waals surface area contributed by atoms with Crippen LogP contribution in [-0.4, -0.2) is 184 Å². The van der Waals surface area contributed by atoms with Gasteiger partial charge in [-0.25, -0.2) is 32.3 Å². The van der Waals surface area contributed by atoms with Gasteiger partial charge in [0.15, 0.2) is 0 Å². The van der Waals surface area contributed by atoms with E-state index in [1.165, 1.54) is 107 Å². The van der Waals surface area contributed by atoms with Crippen LogP contribution in [-0.2, 0) is 12.1 Å². The summed E-state index contributed by atoms with van der Waals surface area (Å²) in [6.07, 6.45) is -1.60. The van der Waals surface area contributed by atoms with Crippen molar-refractivity contribution in [2.45, 2.75) is 95.4 Å². The fourth-order valence-electron chi connectivity index (χ4n) is 12.1. The maximum atomic E-state index is 14.3. The number of nitrogens with one attached hydrogen (secondary N) is 4. The third kappa shape index (κ3) is 27.5. The number of anilines is 4. The Kier molecular flexibility index (Phi) is 32.5. The zero-order valence-corrected chi connectivity index (χ0v) is 66.8. The van der Waals surface area contributed by atoms with E-state index in [0.29, 0.717) is 137 Å². The van der Waals surface area contributed by atoms with Crippen molar-refractivity contribution in [3.8, 4) is 11.5 Å². The Bertz CT molecular complexity index is 4890. The van der Waals surface area contributed by atoms with Gasteiger partial charge in [0.2, 0.25) is 0 Å². The maximum absolute atomic E-state index is 14.3. The van der Waals surface area contributed by atoms with Crippen LogP contribution in [0, 0.1) is 5.82 Å². The van der Waals surface area contributed by atoms with Crippen molar-refractivity contribution in [3.63, 3.8) is 0 Å². The summed E-state index contributed by atoms with van der Waals surface area (Å²) in [5.41, 5.74) is 7.31. The second-order valence-corrected chi connectivity index (χ2v) is 28.9. The molecule has 11 N–H and O–H groups in total. The summed E-state index contributed by atoms with van der Waals surface area (Å²) < 4.78 is 149. The molecule has 39 heteroatoms. The van der Waals surface area contributed by atoms with Crippen molar-refractivity contribution < 1.29 is 113 Å². The molecule has 0 saturated heterocycles. The Balaban J connectivity index is 0.000000183. The van der Waals surface area contributed by atoms with Gasteiger partial charge in [-0.1, -0.05) is 71.2 Å². The maximum Gasteiger partial charge on any atom is 0.573 e. The molecule has 4 aromatic carbocycles. The summed E-state index contributed by atoms with van der Waals surface area (Å²) in [7, 11) is 0. The SMILES string of the molecule is CC(F)(F)Oc1ccc(NC(=O)N2CC=C(c3ncc([C@H](O)CO)cc3Cl)CC2)cc1.CC(O)c1cnc(C2=CCN(C(=O)Nc3ccc(C(C)(F)F)cc3)CC2)c(Cl)c1.O=C(Nc1ccc(C(F)(F)F)cc1)N1CC=C(c2ncc([C@H](O)CO)cc2Cl)CC1.O=C(Nc1ccc(OC(F)(F)F)cc1)N1CC=C(c2ncc([C@H](O)CO)cc2F)CC1. The number of benzene rings is 4. The van der Waals surface area contributed by atoms with Crippen LogP contribution >= 0.6 is 34.8 Å². The largest absolute Gasteiger partial charge is 0.573 e. The third-order valence-corrected chi connectivity index (χ3v) is 19.5. The molecule has 4 aromatic heterocycles. The van der Waals surface area contributed by atoms with Gasteiger partial charge in [-0.15, -0.1) is 13.2 Å². The number of hydrogen-bond acceptors (Lipinski definition) is 17. The van der Waals surface area contributed by atoms with Crippen LogP contribution in [0.15, 0.2) is 170 Å². The number of aliphatic hydroxyl groups excluding tert-OH is 7. The lowest BCUT2D eigenvalue weighted by Gasteiger charge is -2.27. The van der Waals surface area contributed by atoms with Gasteiger partial charge in [0.05, 0.1) is 63.6 Å². The van der Waals surface area contributed by atoms with E-state index in [4.69, 9.17) is 50.1 Å². The topological polar surface area (TPSA) is 341 Å². The molecule has 12 rings (SSSR count). The number of aromatic nitrogens is 4. The fraction of sp³-hybridized carbons (Fsp3) is 0.317. The molecule has 0 bridgehead atoms. The van der Waals surface area contributed by atoms with Crippen molar-refractivity contribution in [1.82, 2.24) is 39.5 Å². The van der Waals surface area contributed by atoms with E-state index in [9.17, 15) is 87.9 Å². The number of carbonyl (C=O) groups is 4. The molecule has 4 aliphatic heterocycles. The molecule has 8 aromatic rings. The lowest BCUT2D eigenvalue weighted by atomic mass is 10.0. The van der Waals surface area contributed by atoms with Gasteiger partial charge in [-0.05, 0) is 164 Å². The van der Waals surface area contributed by atoms with Gasteiger partial charge in [-0.2, -0.15) is 22.0 Å². The Morgan fingerprint density at radius 1 is 0.421 bits per heavy atom. The molecule has 121 heavy (non-hydrogen) atoms. The molecule has 0 aliphatic carbocycles. The molecule has 4 aliphatic rings. The van der Waals surface area contributed by atoms with Crippen LogP contribution in [0.2, 0.25) is 15.1 Å². The number of amides is 8. The lowest BCUT2D eigenvalue weighted by Crippen LogP contribution is -2.38. The average molecular weight is 1760 g/mol. The van der Waals surface area contributed by atoms with Gasteiger partial charge >= 0.3 is 42.8 Å². The Hall–Kier alpha value is -11.1. The molecule has 1 unspecified atom stereocenters. The highest BCUT2D eigenvalue weighted by atomic mass is 35.5.